The molecule has 0 aliphatic carbocycles. The number of para-hydroxylation sites is 2. The highest BCUT2D eigenvalue weighted by Gasteiger charge is 2.28. The summed E-state index contributed by atoms with van der Waals surface area (Å²) in [6.07, 6.45) is -0.853. The number of carbonyl (C=O) groups excluding carboxylic acids is 1. The quantitative estimate of drug-likeness (QED) is 0.780. The first kappa shape index (κ1) is 14.8. The van der Waals surface area contributed by atoms with E-state index in [0.717, 1.165) is 0 Å². The summed E-state index contributed by atoms with van der Waals surface area (Å²) in [5.74, 6) is 0.0566. The van der Waals surface area contributed by atoms with Gasteiger partial charge in [0.2, 0.25) is 6.10 Å². The summed E-state index contributed by atoms with van der Waals surface area (Å²) in [6.45, 7) is -0.0852. The van der Waals surface area contributed by atoms with Crippen LogP contribution in [0.3, 0.4) is 0 Å². The van der Waals surface area contributed by atoms with Crippen LogP contribution in [0.2, 0.25) is 0 Å². The highest BCUT2D eigenvalue weighted by atomic mass is 79.9. The van der Waals surface area contributed by atoms with Crippen molar-refractivity contribution in [2.45, 2.75) is 12.7 Å². The third-order valence-corrected chi connectivity index (χ3v) is 3.65. The van der Waals surface area contributed by atoms with Gasteiger partial charge in [-0.2, -0.15) is 0 Å². The minimum absolute atomic E-state index is 0.0681. The standard InChI is InChI=1S/C16H12BrFO4/c17-11-6-5-10(12(18)7-11)8-21-16(19)15-9-20-13-3-1-2-4-14(13)22-15/h1-7,15H,8-9H2/t15-/m1/s1. The Morgan fingerprint density at radius 3 is 2.82 bits per heavy atom. The molecule has 4 nitrogen and oxygen atoms in total. The van der Waals surface area contributed by atoms with Crippen LogP contribution in [-0.4, -0.2) is 18.7 Å². The molecule has 0 spiro atoms. The second-order valence-corrected chi connectivity index (χ2v) is 5.62. The largest absolute Gasteiger partial charge is 0.485 e. The molecule has 22 heavy (non-hydrogen) atoms. The van der Waals surface area contributed by atoms with Crippen molar-refractivity contribution in [2.75, 3.05) is 6.61 Å². The number of fused-ring (bicyclic) bond motifs is 1. The molecule has 0 radical (unpaired) electrons. The summed E-state index contributed by atoms with van der Waals surface area (Å²) in [6, 6.07) is 11.6. The summed E-state index contributed by atoms with van der Waals surface area (Å²) in [5, 5.41) is 0. The summed E-state index contributed by atoms with van der Waals surface area (Å²) < 4.78 is 30.4. The van der Waals surface area contributed by atoms with Gasteiger partial charge in [0.1, 0.15) is 19.0 Å². The summed E-state index contributed by atoms with van der Waals surface area (Å²) in [5.41, 5.74) is 0.300. The Labute approximate surface area is 134 Å². The topological polar surface area (TPSA) is 44.8 Å². The first-order valence-electron chi connectivity index (χ1n) is 6.62. The average Bonchev–Trinajstić information content (AvgIpc) is 2.53. The van der Waals surface area contributed by atoms with Crippen molar-refractivity contribution in [2.24, 2.45) is 0 Å². The van der Waals surface area contributed by atoms with E-state index in [2.05, 4.69) is 15.9 Å². The maximum atomic E-state index is 13.7. The van der Waals surface area contributed by atoms with Gasteiger partial charge in [0.25, 0.3) is 0 Å². The molecule has 0 bridgehead atoms. The Kier molecular flexibility index (Phi) is 4.29. The molecule has 0 fully saturated rings. The van der Waals surface area contributed by atoms with Crippen LogP contribution in [0.1, 0.15) is 5.56 Å². The zero-order chi connectivity index (χ0) is 15.5. The molecule has 0 aromatic heterocycles. The lowest BCUT2D eigenvalue weighted by molar-refractivity contribution is -0.155. The summed E-state index contributed by atoms with van der Waals surface area (Å²) >= 11 is 3.17. The highest BCUT2D eigenvalue weighted by Crippen LogP contribution is 2.31. The van der Waals surface area contributed by atoms with Gasteiger partial charge in [-0.3, -0.25) is 0 Å². The van der Waals surface area contributed by atoms with E-state index in [9.17, 15) is 9.18 Å². The number of hydrogen-bond acceptors (Lipinski definition) is 4. The summed E-state index contributed by atoms with van der Waals surface area (Å²) in [4.78, 5) is 12.0. The molecule has 0 N–H and O–H groups in total. The Hall–Kier alpha value is -2.08. The van der Waals surface area contributed by atoms with Gasteiger partial charge in [-0.25, -0.2) is 9.18 Å². The van der Waals surface area contributed by atoms with E-state index in [1.807, 2.05) is 6.07 Å². The maximum absolute atomic E-state index is 13.7. The molecule has 6 heteroatoms. The molecule has 0 saturated heterocycles. The Balaban J connectivity index is 1.61. The highest BCUT2D eigenvalue weighted by molar-refractivity contribution is 9.10. The third-order valence-electron chi connectivity index (χ3n) is 3.16. The van der Waals surface area contributed by atoms with Crippen molar-refractivity contribution in [1.29, 1.82) is 0 Å². The second kappa shape index (κ2) is 6.36. The van der Waals surface area contributed by atoms with E-state index in [-0.39, 0.29) is 13.2 Å². The van der Waals surface area contributed by atoms with Crippen LogP contribution in [0.5, 0.6) is 11.5 Å². The predicted molar refractivity (Wildman–Crippen MR) is 80.2 cm³/mol. The Morgan fingerprint density at radius 1 is 1.27 bits per heavy atom. The van der Waals surface area contributed by atoms with Gasteiger partial charge in [-0.05, 0) is 24.3 Å². The molecule has 1 heterocycles. The van der Waals surface area contributed by atoms with Crippen molar-refractivity contribution in [3.63, 3.8) is 0 Å². The minimum Gasteiger partial charge on any atom is -0.485 e. The lowest BCUT2D eigenvalue weighted by Crippen LogP contribution is -2.37. The van der Waals surface area contributed by atoms with Crippen LogP contribution in [0.4, 0.5) is 4.39 Å². The molecule has 1 aliphatic rings. The molecule has 3 rings (SSSR count). The molecular formula is C16H12BrFO4. The van der Waals surface area contributed by atoms with Crippen molar-refractivity contribution >= 4 is 21.9 Å². The number of benzene rings is 2. The molecular weight excluding hydrogens is 355 g/mol. The lowest BCUT2D eigenvalue weighted by atomic mass is 10.2. The Bertz CT molecular complexity index is 704. The van der Waals surface area contributed by atoms with E-state index >= 15 is 0 Å². The molecule has 114 valence electrons. The van der Waals surface area contributed by atoms with Crippen LogP contribution in [0.15, 0.2) is 46.9 Å². The van der Waals surface area contributed by atoms with Gasteiger partial charge in [-0.1, -0.05) is 34.1 Å². The van der Waals surface area contributed by atoms with E-state index in [0.29, 0.717) is 21.5 Å². The number of ether oxygens (including phenoxy) is 3. The van der Waals surface area contributed by atoms with Crippen LogP contribution in [0.25, 0.3) is 0 Å². The fourth-order valence-electron chi connectivity index (χ4n) is 2.02. The van der Waals surface area contributed by atoms with Crippen LogP contribution < -0.4 is 9.47 Å². The monoisotopic (exact) mass is 366 g/mol. The smallest absolute Gasteiger partial charge is 0.351 e. The van der Waals surface area contributed by atoms with Crippen LogP contribution in [-0.2, 0) is 16.1 Å². The third kappa shape index (κ3) is 3.22. The Morgan fingerprint density at radius 2 is 2.05 bits per heavy atom. The van der Waals surface area contributed by atoms with Gasteiger partial charge in [0, 0.05) is 10.0 Å². The summed E-state index contributed by atoms with van der Waals surface area (Å²) in [7, 11) is 0. The number of carbonyl (C=O) groups is 1. The first-order chi connectivity index (χ1) is 10.6. The van der Waals surface area contributed by atoms with Crippen LogP contribution >= 0.6 is 15.9 Å². The predicted octanol–water partition coefficient (Wildman–Crippen LogP) is 3.47. The van der Waals surface area contributed by atoms with Crippen molar-refractivity contribution in [1.82, 2.24) is 0 Å². The number of rotatable bonds is 3. The number of hydrogen-bond donors (Lipinski definition) is 0. The van der Waals surface area contributed by atoms with Crippen molar-refractivity contribution < 1.29 is 23.4 Å². The second-order valence-electron chi connectivity index (χ2n) is 4.71. The maximum Gasteiger partial charge on any atom is 0.351 e. The minimum atomic E-state index is -0.853. The zero-order valence-corrected chi connectivity index (χ0v) is 13.0. The number of halogens is 2. The molecule has 2 aromatic carbocycles. The fourth-order valence-corrected chi connectivity index (χ4v) is 2.35. The van der Waals surface area contributed by atoms with E-state index in [1.54, 1.807) is 30.3 Å². The van der Waals surface area contributed by atoms with Crippen molar-refractivity contribution in [3.05, 3.63) is 58.3 Å². The molecule has 2 aromatic rings. The first-order valence-corrected chi connectivity index (χ1v) is 7.42. The molecule has 1 aliphatic heterocycles. The molecule has 0 amide bonds. The molecule has 0 unspecified atom stereocenters. The van der Waals surface area contributed by atoms with E-state index in [4.69, 9.17) is 14.2 Å². The van der Waals surface area contributed by atoms with Gasteiger partial charge >= 0.3 is 5.97 Å². The average molecular weight is 367 g/mol. The van der Waals surface area contributed by atoms with Gasteiger partial charge in [-0.15, -0.1) is 0 Å². The molecule has 0 saturated carbocycles. The number of esters is 1. The lowest BCUT2D eigenvalue weighted by Gasteiger charge is -2.24. The van der Waals surface area contributed by atoms with Gasteiger partial charge in [0.15, 0.2) is 11.5 Å². The molecule has 1 atom stereocenters. The fraction of sp³-hybridized carbons (Fsp3) is 0.188. The van der Waals surface area contributed by atoms with E-state index in [1.165, 1.54) is 6.07 Å². The van der Waals surface area contributed by atoms with Crippen molar-refractivity contribution in [3.8, 4) is 11.5 Å². The van der Waals surface area contributed by atoms with Crippen LogP contribution in [0, 0.1) is 5.82 Å². The normalized spacial score (nSPS) is 16.2. The van der Waals surface area contributed by atoms with E-state index < -0.39 is 17.9 Å². The van der Waals surface area contributed by atoms with Gasteiger partial charge < -0.3 is 14.2 Å². The SMILES string of the molecule is O=C(OCc1ccc(Br)cc1F)[C@H]1COc2ccccc2O1. The van der Waals surface area contributed by atoms with Gasteiger partial charge in [0.05, 0.1) is 0 Å². The zero-order valence-electron chi connectivity index (χ0n) is 11.4.